The molecule has 28 heavy (non-hydrogen) atoms. The largest absolute Gasteiger partial charge is 0.481 e. The number of halogens is 2. The van der Waals surface area contributed by atoms with Crippen LogP contribution in [0.4, 0.5) is 8.78 Å². The second-order valence-electron chi connectivity index (χ2n) is 7.16. The average Bonchev–Trinajstić information content (AvgIpc) is 2.69. The van der Waals surface area contributed by atoms with Crippen LogP contribution in [0.15, 0.2) is 48.5 Å². The lowest BCUT2D eigenvalue weighted by molar-refractivity contribution is -0.137. The molecule has 0 bridgehead atoms. The highest BCUT2D eigenvalue weighted by Crippen LogP contribution is 2.30. The molecule has 1 saturated heterocycles. The molecule has 2 aromatic rings. The van der Waals surface area contributed by atoms with E-state index in [9.17, 15) is 13.6 Å². The number of aliphatic carboxylic acids is 1. The van der Waals surface area contributed by atoms with E-state index in [4.69, 9.17) is 9.84 Å². The maximum atomic E-state index is 13.3. The van der Waals surface area contributed by atoms with E-state index in [0.717, 1.165) is 43.6 Å². The summed E-state index contributed by atoms with van der Waals surface area (Å²) in [6.45, 7) is 2.48. The normalized spacial score (nSPS) is 15.8. The third-order valence-corrected chi connectivity index (χ3v) is 5.07. The molecule has 3 rings (SSSR count). The molecule has 1 fully saturated rings. The summed E-state index contributed by atoms with van der Waals surface area (Å²) in [5, 5.41) is 8.75. The van der Waals surface area contributed by atoms with E-state index >= 15 is 0 Å². The minimum atomic E-state index is -0.764. The van der Waals surface area contributed by atoms with E-state index in [0.29, 0.717) is 6.42 Å². The Morgan fingerprint density at radius 3 is 1.96 bits per heavy atom. The first-order valence-electron chi connectivity index (χ1n) is 9.62. The first-order chi connectivity index (χ1) is 13.5. The minimum absolute atomic E-state index is 0.0378. The van der Waals surface area contributed by atoms with Gasteiger partial charge in [-0.1, -0.05) is 24.3 Å². The quantitative estimate of drug-likeness (QED) is 0.727. The van der Waals surface area contributed by atoms with Crippen LogP contribution in [0.25, 0.3) is 0 Å². The zero-order chi connectivity index (χ0) is 19.9. The van der Waals surface area contributed by atoms with Crippen LogP contribution in [0, 0.1) is 11.6 Å². The maximum absolute atomic E-state index is 13.3. The molecule has 6 heteroatoms. The number of hydrogen-bond acceptors (Lipinski definition) is 3. The number of rotatable bonds is 8. The van der Waals surface area contributed by atoms with E-state index in [1.807, 2.05) is 0 Å². The van der Waals surface area contributed by atoms with Crippen molar-refractivity contribution in [3.8, 4) is 0 Å². The number of carbonyl (C=O) groups is 1. The summed E-state index contributed by atoms with van der Waals surface area (Å²) in [4.78, 5) is 12.9. The second kappa shape index (κ2) is 9.75. The molecule has 1 N–H and O–H groups in total. The number of piperidine rings is 1. The molecule has 1 heterocycles. The van der Waals surface area contributed by atoms with Gasteiger partial charge in [-0.3, -0.25) is 4.79 Å². The Hall–Kier alpha value is -2.31. The van der Waals surface area contributed by atoms with Gasteiger partial charge in [0.2, 0.25) is 0 Å². The van der Waals surface area contributed by atoms with Crippen LogP contribution in [0.2, 0.25) is 0 Å². The highest BCUT2D eigenvalue weighted by atomic mass is 19.1. The minimum Gasteiger partial charge on any atom is -0.481 e. The number of ether oxygens (including phenoxy) is 1. The zero-order valence-electron chi connectivity index (χ0n) is 15.7. The topological polar surface area (TPSA) is 49.8 Å². The molecule has 0 aliphatic carbocycles. The lowest BCUT2D eigenvalue weighted by Crippen LogP contribution is -2.38. The maximum Gasteiger partial charge on any atom is 0.303 e. The van der Waals surface area contributed by atoms with Crippen LogP contribution in [0.5, 0.6) is 0 Å². The van der Waals surface area contributed by atoms with Crippen LogP contribution in [0.1, 0.15) is 42.9 Å². The van der Waals surface area contributed by atoms with Gasteiger partial charge in [-0.25, -0.2) is 8.78 Å². The van der Waals surface area contributed by atoms with Crippen molar-refractivity contribution in [1.29, 1.82) is 0 Å². The molecule has 2 aromatic carbocycles. The highest BCUT2D eigenvalue weighted by molar-refractivity contribution is 5.66. The first-order valence-corrected chi connectivity index (χ1v) is 9.62. The van der Waals surface area contributed by atoms with Gasteiger partial charge < -0.3 is 14.7 Å². The molecule has 0 atom stereocenters. The molecule has 1 aliphatic heterocycles. The number of carboxylic acid groups (broad SMARTS) is 1. The summed E-state index contributed by atoms with van der Waals surface area (Å²) < 4.78 is 33.0. The fourth-order valence-electron chi connectivity index (χ4n) is 3.54. The predicted octanol–water partition coefficient (Wildman–Crippen LogP) is 4.40. The predicted molar refractivity (Wildman–Crippen MR) is 102 cm³/mol. The van der Waals surface area contributed by atoms with Crippen molar-refractivity contribution >= 4 is 5.97 Å². The fraction of sp³-hybridized carbons (Fsp3) is 0.409. The van der Waals surface area contributed by atoms with Crippen molar-refractivity contribution in [2.75, 3.05) is 19.6 Å². The number of hydrogen-bond donors (Lipinski definition) is 1. The number of benzene rings is 2. The summed E-state index contributed by atoms with van der Waals surface area (Å²) in [6, 6.07) is 12.4. The summed E-state index contributed by atoms with van der Waals surface area (Å²) in [5.74, 6) is -1.38. The van der Waals surface area contributed by atoms with Crippen LogP contribution < -0.4 is 0 Å². The van der Waals surface area contributed by atoms with Crippen LogP contribution in [0.3, 0.4) is 0 Å². The summed E-state index contributed by atoms with van der Waals surface area (Å²) >= 11 is 0. The van der Waals surface area contributed by atoms with Gasteiger partial charge in [-0.2, -0.15) is 0 Å². The van der Waals surface area contributed by atoms with Gasteiger partial charge >= 0.3 is 5.97 Å². The summed E-state index contributed by atoms with van der Waals surface area (Å²) in [5.41, 5.74) is 1.66. The molecular weight excluding hydrogens is 364 g/mol. The van der Waals surface area contributed by atoms with Crippen LogP contribution in [-0.2, 0) is 9.53 Å². The van der Waals surface area contributed by atoms with Gasteiger partial charge in [0, 0.05) is 19.5 Å². The molecule has 0 unspecified atom stereocenters. The third-order valence-electron chi connectivity index (χ3n) is 5.07. The number of likely N-dealkylation sites (tertiary alicyclic amines) is 1. The summed E-state index contributed by atoms with van der Waals surface area (Å²) in [7, 11) is 0. The van der Waals surface area contributed by atoms with E-state index in [1.54, 1.807) is 24.3 Å². The van der Waals surface area contributed by atoms with E-state index in [-0.39, 0.29) is 30.3 Å². The van der Waals surface area contributed by atoms with Crippen LogP contribution in [-0.4, -0.2) is 41.7 Å². The van der Waals surface area contributed by atoms with E-state index < -0.39 is 5.97 Å². The van der Waals surface area contributed by atoms with Crippen molar-refractivity contribution in [3.63, 3.8) is 0 Å². The van der Waals surface area contributed by atoms with Gasteiger partial charge in [0.05, 0.1) is 6.10 Å². The monoisotopic (exact) mass is 389 g/mol. The van der Waals surface area contributed by atoms with E-state index in [1.165, 1.54) is 24.3 Å². The van der Waals surface area contributed by atoms with Crippen molar-refractivity contribution in [2.24, 2.45) is 0 Å². The van der Waals surface area contributed by atoms with Crippen molar-refractivity contribution < 1.29 is 23.4 Å². The number of nitrogens with zero attached hydrogens (tertiary/aromatic N) is 1. The molecule has 0 spiro atoms. The second-order valence-corrected chi connectivity index (χ2v) is 7.16. The van der Waals surface area contributed by atoms with Gasteiger partial charge in [-0.15, -0.1) is 0 Å². The molecule has 4 nitrogen and oxygen atoms in total. The zero-order valence-corrected chi connectivity index (χ0v) is 15.7. The Morgan fingerprint density at radius 1 is 1.00 bits per heavy atom. The molecule has 0 amide bonds. The van der Waals surface area contributed by atoms with Crippen molar-refractivity contribution in [3.05, 3.63) is 71.3 Å². The Balaban J connectivity index is 1.63. The van der Waals surface area contributed by atoms with Crippen molar-refractivity contribution in [1.82, 2.24) is 4.90 Å². The molecule has 0 saturated carbocycles. The lowest BCUT2D eigenvalue weighted by atomic mass is 10.00. The Bertz CT molecular complexity index is 711. The Labute approximate surface area is 163 Å². The molecule has 150 valence electrons. The molecule has 1 aliphatic rings. The smallest absolute Gasteiger partial charge is 0.303 e. The van der Waals surface area contributed by atoms with Crippen molar-refractivity contribution in [2.45, 2.75) is 37.9 Å². The Morgan fingerprint density at radius 2 is 1.50 bits per heavy atom. The first kappa shape index (κ1) is 20.4. The van der Waals surface area contributed by atoms with Gasteiger partial charge in [0.1, 0.15) is 17.7 Å². The third kappa shape index (κ3) is 5.84. The van der Waals surface area contributed by atoms with Gasteiger partial charge in [0.25, 0.3) is 0 Å². The molecule has 0 aromatic heterocycles. The lowest BCUT2D eigenvalue weighted by Gasteiger charge is -2.34. The highest BCUT2D eigenvalue weighted by Gasteiger charge is 2.25. The standard InChI is InChI=1S/C22H25F2NO3/c23-18-7-3-16(4-8-18)22(17-5-9-19(24)10-6-17)28-20-11-14-25(15-12-20)13-1-2-21(26)27/h3-10,20,22H,1-2,11-15H2,(H,26,27). The van der Waals surface area contributed by atoms with E-state index in [2.05, 4.69) is 4.90 Å². The molecular formula is C22H25F2NO3. The molecule has 0 radical (unpaired) electrons. The van der Waals surface area contributed by atoms with Gasteiger partial charge in [-0.05, 0) is 61.2 Å². The fourth-order valence-corrected chi connectivity index (χ4v) is 3.54. The average molecular weight is 389 g/mol. The summed E-state index contributed by atoms with van der Waals surface area (Å²) in [6.07, 6.45) is 2.17. The number of carboxylic acids is 1. The SMILES string of the molecule is O=C(O)CCCN1CCC(OC(c2ccc(F)cc2)c2ccc(F)cc2)CC1. The van der Waals surface area contributed by atoms with Crippen LogP contribution >= 0.6 is 0 Å². The Kier molecular flexibility index (Phi) is 7.12. The van der Waals surface area contributed by atoms with Gasteiger partial charge in [0.15, 0.2) is 0 Å².